The molecule has 0 heterocycles. The van der Waals surface area contributed by atoms with Gasteiger partial charge in [0, 0.05) is 32.0 Å². The zero-order chi connectivity index (χ0) is 18.1. The highest BCUT2D eigenvalue weighted by Gasteiger charge is 2.31. The monoisotopic (exact) mass is 356 g/mol. The van der Waals surface area contributed by atoms with Crippen LogP contribution in [0, 0.1) is 0 Å². The molecule has 0 aromatic heterocycles. The third kappa shape index (κ3) is 2.80. The Morgan fingerprint density at radius 1 is 0.769 bits per heavy atom. The van der Waals surface area contributed by atoms with Crippen molar-refractivity contribution in [2.75, 3.05) is 0 Å². The molecule has 0 N–H and O–H groups in total. The van der Waals surface area contributed by atoms with Gasteiger partial charge in [-0.15, -0.1) is 6.58 Å². The number of ketones is 2. The van der Waals surface area contributed by atoms with Crippen LogP contribution < -0.4 is 0 Å². The van der Waals surface area contributed by atoms with Crippen molar-refractivity contribution in [3.8, 4) is 0 Å². The van der Waals surface area contributed by atoms with Crippen LogP contribution in [0.15, 0.2) is 89.2 Å². The lowest BCUT2D eigenvalue weighted by molar-refractivity contribution is 0.0977. The van der Waals surface area contributed by atoms with E-state index < -0.39 is 0 Å². The van der Waals surface area contributed by atoms with Crippen molar-refractivity contribution in [2.45, 2.75) is 16.2 Å². The van der Waals surface area contributed by atoms with Crippen LogP contribution in [0.5, 0.6) is 0 Å². The molecule has 1 aliphatic carbocycles. The van der Waals surface area contributed by atoms with Crippen molar-refractivity contribution in [3.05, 3.63) is 107 Å². The average molecular weight is 356 g/mol. The molecule has 3 heteroatoms. The Kier molecular flexibility index (Phi) is 4.31. The fourth-order valence-corrected chi connectivity index (χ4v) is 4.16. The zero-order valence-electron chi connectivity index (χ0n) is 14.1. The van der Waals surface area contributed by atoms with Crippen LogP contribution in [0.1, 0.15) is 37.4 Å². The van der Waals surface area contributed by atoms with Gasteiger partial charge in [-0.25, -0.2) is 0 Å². The summed E-state index contributed by atoms with van der Waals surface area (Å²) in [5, 5.41) is 0. The topological polar surface area (TPSA) is 34.1 Å². The van der Waals surface area contributed by atoms with Gasteiger partial charge in [-0.2, -0.15) is 0 Å². The van der Waals surface area contributed by atoms with E-state index in [0.29, 0.717) is 22.3 Å². The molecule has 0 aliphatic heterocycles. The molecule has 0 atom stereocenters. The van der Waals surface area contributed by atoms with E-state index in [4.69, 9.17) is 0 Å². The summed E-state index contributed by atoms with van der Waals surface area (Å²) in [5.74, 6) is -0.166. The van der Waals surface area contributed by atoms with Gasteiger partial charge < -0.3 is 0 Å². The van der Waals surface area contributed by atoms with Gasteiger partial charge in [0.2, 0.25) is 0 Å². The second-order valence-corrected chi connectivity index (χ2v) is 7.24. The molecule has 0 spiro atoms. The van der Waals surface area contributed by atoms with Gasteiger partial charge in [0.25, 0.3) is 0 Å². The zero-order valence-corrected chi connectivity index (χ0v) is 14.9. The smallest absolute Gasteiger partial charge is 0.195 e. The van der Waals surface area contributed by atoms with Gasteiger partial charge in [-0.3, -0.25) is 9.59 Å². The standard InChI is InChI=1S/C23H16O2S/c1-2-6-15-11-13-16(14-12-15)26-20-10-5-9-19-21(20)23(25)18-8-4-3-7-17(18)22(19)24/h2-5,7-14H,1,6H2. The Balaban J connectivity index is 1.75. The van der Waals surface area contributed by atoms with Crippen LogP contribution in [-0.4, -0.2) is 11.6 Å². The molecule has 0 bridgehead atoms. The second-order valence-electron chi connectivity index (χ2n) is 6.12. The molecular weight excluding hydrogens is 340 g/mol. The van der Waals surface area contributed by atoms with E-state index in [1.54, 1.807) is 30.3 Å². The van der Waals surface area contributed by atoms with Gasteiger partial charge in [0.1, 0.15) is 0 Å². The molecule has 4 rings (SSSR count). The maximum Gasteiger partial charge on any atom is 0.195 e. The summed E-state index contributed by atoms with van der Waals surface area (Å²) in [6.07, 6.45) is 2.70. The Bertz CT molecular complexity index is 1030. The minimum Gasteiger partial charge on any atom is -0.289 e. The first-order valence-corrected chi connectivity index (χ1v) is 9.20. The maximum absolute atomic E-state index is 13.0. The van der Waals surface area contributed by atoms with E-state index in [0.717, 1.165) is 16.2 Å². The Labute approximate surface area is 156 Å². The highest BCUT2D eigenvalue weighted by molar-refractivity contribution is 7.99. The van der Waals surface area contributed by atoms with Crippen molar-refractivity contribution in [1.29, 1.82) is 0 Å². The summed E-state index contributed by atoms with van der Waals surface area (Å²) < 4.78 is 0. The molecule has 0 radical (unpaired) electrons. The molecule has 0 saturated carbocycles. The number of benzene rings is 3. The van der Waals surface area contributed by atoms with Crippen molar-refractivity contribution < 1.29 is 9.59 Å². The minimum absolute atomic E-state index is 0.0819. The summed E-state index contributed by atoms with van der Waals surface area (Å²) >= 11 is 1.51. The third-order valence-electron chi connectivity index (χ3n) is 4.45. The van der Waals surface area contributed by atoms with E-state index in [1.807, 2.05) is 30.3 Å². The number of carbonyl (C=O) groups excluding carboxylic acids is 2. The summed E-state index contributed by atoms with van der Waals surface area (Å²) in [5.41, 5.74) is 3.17. The van der Waals surface area contributed by atoms with Crippen LogP contribution in [0.2, 0.25) is 0 Å². The molecule has 3 aromatic rings. The predicted octanol–water partition coefficient (Wildman–Crippen LogP) is 5.34. The minimum atomic E-state index is -0.0843. The fourth-order valence-electron chi connectivity index (χ4n) is 3.19. The molecule has 1 aliphatic rings. The molecule has 0 amide bonds. The Morgan fingerprint density at radius 3 is 2.12 bits per heavy atom. The molecule has 0 unspecified atom stereocenters. The Morgan fingerprint density at radius 2 is 1.42 bits per heavy atom. The van der Waals surface area contributed by atoms with Gasteiger partial charge in [-0.05, 0) is 30.2 Å². The normalized spacial score (nSPS) is 12.5. The van der Waals surface area contributed by atoms with Crippen molar-refractivity contribution in [2.24, 2.45) is 0 Å². The quantitative estimate of drug-likeness (QED) is 0.463. The highest BCUT2D eigenvalue weighted by atomic mass is 32.2. The maximum atomic E-state index is 13.0. The number of allylic oxidation sites excluding steroid dienone is 1. The predicted molar refractivity (Wildman–Crippen MR) is 104 cm³/mol. The van der Waals surface area contributed by atoms with E-state index in [1.165, 1.54) is 17.3 Å². The van der Waals surface area contributed by atoms with Crippen molar-refractivity contribution >= 4 is 23.3 Å². The van der Waals surface area contributed by atoms with Crippen molar-refractivity contribution in [3.63, 3.8) is 0 Å². The lowest BCUT2D eigenvalue weighted by atomic mass is 9.84. The number of hydrogen-bond acceptors (Lipinski definition) is 3. The fraction of sp³-hybridized carbons (Fsp3) is 0.0435. The molecule has 126 valence electrons. The molecule has 2 nitrogen and oxygen atoms in total. The summed E-state index contributed by atoms with van der Waals surface area (Å²) in [4.78, 5) is 27.7. The Hall–Kier alpha value is -2.91. The highest BCUT2D eigenvalue weighted by Crippen LogP contribution is 2.37. The first-order chi connectivity index (χ1) is 12.7. The molecule has 26 heavy (non-hydrogen) atoms. The van der Waals surface area contributed by atoms with Gasteiger partial charge in [-0.1, -0.05) is 66.4 Å². The molecule has 0 saturated heterocycles. The number of rotatable bonds is 4. The van der Waals surface area contributed by atoms with E-state index in [2.05, 4.69) is 18.7 Å². The van der Waals surface area contributed by atoms with Crippen LogP contribution >= 0.6 is 11.8 Å². The van der Waals surface area contributed by atoms with Gasteiger partial charge in [0.05, 0.1) is 0 Å². The van der Waals surface area contributed by atoms with Crippen LogP contribution in [0.25, 0.3) is 0 Å². The van der Waals surface area contributed by atoms with Crippen LogP contribution in [0.4, 0.5) is 0 Å². The van der Waals surface area contributed by atoms with Crippen molar-refractivity contribution in [1.82, 2.24) is 0 Å². The second kappa shape index (κ2) is 6.77. The van der Waals surface area contributed by atoms with Crippen LogP contribution in [0.3, 0.4) is 0 Å². The summed E-state index contributed by atoms with van der Waals surface area (Å²) in [6, 6.07) is 20.7. The average Bonchev–Trinajstić information content (AvgIpc) is 2.68. The largest absolute Gasteiger partial charge is 0.289 e. The first-order valence-electron chi connectivity index (χ1n) is 8.38. The van der Waals surface area contributed by atoms with E-state index in [-0.39, 0.29) is 11.6 Å². The molecule has 3 aromatic carbocycles. The van der Waals surface area contributed by atoms with Crippen LogP contribution in [-0.2, 0) is 6.42 Å². The summed E-state index contributed by atoms with van der Waals surface area (Å²) in [6.45, 7) is 3.75. The SMILES string of the molecule is C=CCc1ccc(Sc2cccc3c2C(=O)c2ccccc2C3=O)cc1. The van der Waals surface area contributed by atoms with E-state index in [9.17, 15) is 9.59 Å². The molecular formula is C23H16O2S. The van der Waals surface area contributed by atoms with Gasteiger partial charge in [0.15, 0.2) is 11.6 Å². The van der Waals surface area contributed by atoms with E-state index >= 15 is 0 Å². The number of carbonyl (C=O) groups is 2. The van der Waals surface area contributed by atoms with Gasteiger partial charge >= 0.3 is 0 Å². The lowest BCUT2D eigenvalue weighted by Crippen LogP contribution is -2.21. The molecule has 0 fully saturated rings. The number of fused-ring (bicyclic) bond motifs is 2. The first kappa shape index (κ1) is 16.6. The summed E-state index contributed by atoms with van der Waals surface area (Å²) in [7, 11) is 0. The third-order valence-corrected chi connectivity index (χ3v) is 5.51. The lowest BCUT2D eigenvalue weighted by Gasteiger charge is -2.19. The number of hydrogen-bond donors (Lipinski definition) is 0.